The highest BCUT2D eigenvalue weighted by Gasteiger charge is 2.01. The van der Waals surface area contributed by atoms with Gasteiger partial charge in [-0.15, -0.1) is 0 Å². The van der Waals surface area contributed by atoms with Crippen LogP contribution in [0.3, 0.4) is 0 Å². The van der Waals surface area contributed by atoms with Crippen molar-refractivity contribution in [2.75, 3.05) is 0 Å². The van der Waals surface area contributed by atoms with Crippen LogP contribution in [0, 0.1) is 13.8 Å². The van der Waals surface area contributed by atoms with Gasteiger partial charge in [0.05, 0.1) is 6.10 Å². The third-order valence-corrected chi connectivity index (χ3v) is 2.97. The summed E-state index contributed by atoms with van der Waals surface area (Å²) in [6, 6.07) is 16.2. The summed E-state index contributed by atoms with van der Waals surface area (Å²) >= 11 is 0. The second-order valence-corrected chi connectivity index (χ2v) is 4.63. The molecule has 1 unspecified atom stereocenters. The highest BCUT2D eigenvalue weighted by atomic mass is 16.3. The van der Waals surface area contributed by atoms with E-state index >= 15 is 0 Å². The van der Waals surface area contributed by atoms with Gasteiger partial charge >= 0.3 is 0 Å². The first-order chi connectivity index (χ1) is 8.65. The standard InChI is InChI=1S/C17H18O/c1-13-3-7-15(8-4-13)9-12-17(18)16-10-5-14(2)6-11-16/h3-12,17-18H,1-2H3/b12-9+. The quantitative estimate of drug-likeness (QED) is 0.855. The second-order valence-electron chi connectivity index (χ2n) is 4.63. The van der Waals surface area contributed by atoms with E-state index < -0.39 is 6.10 Å². The number of aryl methyl sites for hydroxylation is 2. The van der Waals surface area contributed by atoms with Crippen molar-refractivity contribution in [3.05, 3.63) is 76.9 Å². The molecular weight excluding hydrogens is 220 g/mol. The van der Waals surface area contributed by atoms with Crippen molar-refractivity contribution in [3.8, 4) is 0 Å². The first-order valence-corrected chi connectivity index (χ1v) is 6.14. The van der Waals surface area contributed by atoms with Gasteiger partial charge in [0.2, 0.25) is 0 Å². The first-order valence-electron chi connectivity index (χ1n) is 6.14. The molecule has 0 aliphatic heterocycles. The number of hydrogen-bond acceptors (Lipinski definition) is 1. The van der Waals surface area contributed by atoms with Gasteiger partial charge in [-0.1, -0.05) is 71.8 Å². The number of aliphatic hydroxyl groups is 1. The highest BCUT2D eigenvalue weighted by Crippen LogP contribution is 2.16. The van der Waals surface area contributed by atoms with Crippen LogP contribution >= 0.6 is 0 Å². The average Bonchev–Trinajstić information content (AvgIpc) is 2.38. The molecule has 2 aromatic rings. The Morgan fingerprint density at radius 1 is 0.833 bits per heavy atom. The molecule has 0 saturated carbocycles. The van der Waals surface area contributed by atoms with Gasteiger partial charge in [-0.2, -0.15) is 0 Å². The molecule has 0 heterocycles. The van der Waals surface area contributed by atoms with Crippen LogP contribution in [0.5, 0.6) is 0 Å². The number of aliphatic hydroxyl groups excluding tert-OH is 1. The van der Waals surface area contributed by atoms with E-state index in [4.69, 9.17) is 0 Å². The lowest BCUT2D eigenvalue weighted by Gasteiger charge is -2.06. The minimum absolute atomic E-state index is 0.549. The van der Waals surface area contributed by atoms with E-state index in [1.807, 2.05) is 55.5 Å². The molecule has 0 radical (unpaired) electrons. The Kier molecular flexibility index (Phi) is 3.96. The van der Waals surface area contributed by atoms with Crippen LogP contribution in [0.2, 0.25) is 0 Å². The van der Waals surface area contributed by atoms with Gasteiger partial charge in [-0.05, 0) is 25.0 Å². The summed E-state index contributed by atoms with van der Waals surface area (Å²) in [6.07, 6.45) is 3.21. The van der Waals surface area contributed by atoms with Crippen LogP contribution in [0.25, 0.3) is 6.08 Å². The molecule has 18 heavy (non-hydrogen) atoms. The summed E-state index contributed by atoms with van der Waals surface area (Å²) in [4.78, 5) is 0. The largest absolute Gasteiger partial charge is 0.384 e. The third kappa shape index (κ3) is 3.31. The maximum atomic E-state index is 10.0. The van der Waals surface area contributed by atoms with Crippen molar-refractivity contribution in [1.29, 1.82) is 0 Å². The van der Waals surface area contributed by atoms with Gasteiger partial charge in [0, 0.05) is 0 Å². The molecule has 0 bridgehead atoms. The van der Waals surface area contributed by atoms with Crippen LogP contribution < -0.4 is 0 Å². The summed E-state index contributed by atoms with van der Waals surface area (Å²) in [5.41, 5.74) is 4.47. The Balaban J connectivity index is 2.08. The molecule has 0 amide bonds. The summed E-state index contributed by atoms with van der Waals surface area (Å²) in [5.74, 6) is 0. The van der Waals surface area contributed by atoms with Crippen molar-refractivity contribution in [1.82, 2.24) is 0 Å². The molecule has 0 fully saturated rings. The van der Waals surface area contributed by atoms with E-state index in [0.29, 0.717) is 0 Å². The lowest BCUT2D eigenvalue weighted by molar-refractivity contribution is 0.229. The normalized spacial score (nSPS) is 12.8. The van der Waals surface area contributed by atoms with Gasteiger partial charge in [0.25, 0.3) is 0 Å². The van der Waals surface area contributed by atoms with Crippen molar-refractivity contribution in [2.24, 2.45) is 0 Å². The Labute approximate surface area is 108 Å². The van der Waals surface area contributed by atoms with Gasteiger partial charge in [0.15, 0.2) is 0 Å². The lowest BCUT2D eigenvalue weighted by atomic mass is 10.1. The molecule has 1 N–H and O–H groups in total. The fraction of sp³-hybridized carbons (Fsp3) is 0.176. The maximum Gasteiger partial charge on any atom is 0.0975 e. The minimum atomic E-state index is -0.549. The maximum absolute atomic E-state index is 10.0. The predicted molar refractivity (Wildman–Crippen MR) is 76.4 cm³/mol. The molecular formula is C17H18O. The zero-order chi connectivity index (χ0) is 13.0. The number of benzene rings is 2. The van der Waals surface area contributed by atoms with Gasteiger partial charge in [-0.25, -0.2) is 0 Å². The van der Waals surface area contributed by atoms with E-state index in [1.165, 1.54) is 11.1 Å². The molecule has 1 nitrogen and oxygen atoms in total. The van der Waals surface area contributed by atoms with E-state index in [2.05, 4.69) is 19.1 Å². The predicted octanol–water partition coefficient (Wildman–Crippen LogP) is 4.05. The lowest BCUT2D eigenvalue weighted by Crippen LogP contribution is -1.92. The zero-order valence-corrected chi connectivity index (χ0v) is 10.8. The molecule has 2 aromatic carbocycles. The highest BCUT2D eigenvalue weighted by molar-refractivity contribution is 5.50. The zero-order valence-electron chi connectivity index (χ0n) is 10.8. The first kappa shape index (κ1) is 12.6. The van der Waals surface area contributed by atoms with Crippen LogP contribution in [0.1, 0.15) is 28.4 Å². The molecule has 0 aromatic heterocycles. The summed E-state index contributed by atoms with van der Waals surface area (Å²) in [5, 5.41) is 10.0. The van der Waals surface area contributed by atoms with Crippen LogP contribution in [-0.4, -0.2) is 5.11 Å². The Bertz CT molecular complexity index is 521. The summed E-state index contributed by atoms with van der Waals surface area (Å²) < 4.78 is 0. The number of rotatable bonds is 3. The molecule has 1 atom stereocenters. The molecule has 92 valence electrons. The minimum Gasteiger partial charge on any atom is -0.384 e. The monoisotopic (exact) mass is 238 g/mol. The van der Waals surface area contributed by atoms with Gasteiger partial charge < -0.3 is 5.11 Å². The van der Waals surface area contributed by atoms with Gasteiger partial charge in [-0.3, -0.25) is 0 Å². The SMILES string of the molecule is Cc1ccc(/C=C/C(O)c2ccc(C)cc2)cc1. The van der Waals surface area contributed by atoms with Crippen molar-refractivity contribution < 1.29 is 5.11 Å². The smallest absolute Gasteiger partial charge is 0.0975 e. The molecule has 0 aliphatic rings. The fourth-order valence-corrected chi connectivity index (χ4v) is 1.75. The van der Waals surface area contributed by atoms with E-state index in [0.717, 1.165) is 11.1 Å². The Hall–Kier alpha value is -1.86. The molecule has 2 rings (SSSR count). The van der Waals surface area contributed by atoms with Gasteiger partial charge in [0.1, 0.15) is 0 Å². The molecule has 0 saturated heterocycles. The van der Waals surface area contributed by atoms with E-state index in [-0.39, 0.29) is 0 Å². The van der Waals surface area contributed by atoms with Crippen molar-refractivity contribution >= 4 is 6.08 Å². The van der Waals surface area contributed by atoms with Crippen LogP contribution in [-0.2, 0) is 0 Å². The topological polar surface area (TPSA) is 20.2 Å². The Morgan fingerprint density at radius 3 is 1.89 bits per heavy atom. The Morgan fingerprint density at radius 2 is 1.33 bits per heavy atom. The molecule has 1 heteroatoms. The average molecular weight is 238 g/mol. The fourth-order valence-electron chi connectivity index (χ4n) is 1.75. The second kappa shape index (κ2) is 5.65. The third-order valence-electron chi connectivity index (χ3n) is 2.97. The molecule has 0 spiro atoms. The van der Waals surface area contributed by atoms with Crippen LogP contribution in [0.15, 0.2) is 54.6 Å². The van der Waals surface area contributed by atoms with Crippen molar-refractivity contribution in [3.63, 3.8) is 0 Å². The summed E-state index contributed by atoms with van der Waals surface area (Å²) in [6.45, 7) is 4.10. The molecule has 0 aliphatic carbocycles. The van der Waals surface area contributed by atoms with Crippen molar-refractivity contribution in [2.45, 2.75) is 20.0 Å². The number of hydrogen-bond donors (Lipinski definition) is 1. The van der Waals surface area contributed by atoms with E-state index in [9.17, 15) is 5.11 Å². The summed E-state index contributed by atoms with van der Waals surface area (Å²) in [7, 11) is 0. The van der Waals surface area contributed by atoms with Crippen LogP contribution in [0.4, 0.5) is 0 Å². The van der Waals surface area contributed by atoms with E-state index in [1.54, 1.807) is 0 Å².